The number of hydrogen-bond acceptors (Lipinski definition) is 8. The predicted octanol–water partition coefficient (Wildman–Crippen LogP) is 1.77. The van der Waals surface area contributed by atoms with Gasteiger partial charge in [0.1, 0.15) is 5.75 Å². The van der Waals surface area contributed by atoms with Crippen molar-refractivity contribution in [2.45, 2.75) is 6.42 Å². The van der Waals surface area contributed by atoms with Crippen LogP contribution in [0.15, 0.2) is 42.5 Å². The fourth-order valence-electron chi connectivity index (χ4n) is 2.95. The number of methoxy groups -OCH3 is 1. The first-order valence-corrected chi connectivity index (χ1v) is 9.05. The number of carbonyl (C=O) groups is 4. The van der Waals surface area contributed by atoms with E-state index in [0.29, 0.717) is 0 Å². The van der Waals surface area contributed by atoms with Gasteiger partial charge in [-0.25, -0.2) is 0 Å². The number of fused-ring (bicyclic) bond motifs is 1. The number of amides is 3. The summed E-state index contributed by atoms with van der Waals surface area (Å²) in [6, 6.07) is 9.96. The quantitative estimate of drug-likeness (QED) is 0.290. The third-order valence-electron chi connectivity index (χ3n) is 4.45. The van der Waals surface area contributed by atoms with E-state index in [1.807, 2.05) is 0 Å². The maximum Gasteiger partial charge on any atom is 0.308 e. The van der Waals surface area contributed by atoms with E-state index in [-0.39, 0.29) is 41.2 Å². The van der Waals surface area contributed by atoms with E-state index in [2.05, 4.69) is 5.32 Å². The molecule has 3 amide bonds. The number of nitrogens with one attached hydrogen (secondary N) is 1. The molecule has 0 aliphatic carbocycles. The fraction of sp³-hybridized carbons (Fsp3) is 0.200. The topological polar surface area (TPSA) is 145 Å². The molecule has 31 heavy (non-hydrogen) atoms. The Balaban J connectivity index is 1.49. The van der Waals surface area contributed by atoms with Crippen LogP contribution in [0.5, 0.6) is 5.75 Å². The number of anilines is 1. The molecule has 0 saturated heterocycles. The molecule has 0 spiro atoms. The van der Waals surface area contributed by atoms with Gasteiger partial charge in [-0.2, -0.15) is 0 Å². The Kier molecular flexibility index (Phi) is 6.24. The van der Waals surface area contributed by atoms with E-state index in [9.17, 15) is 29.3 Å². The lowest BCUT2D eigenvalue weighted by atomic mass is 10.1. The van der Waals surface area contributed by atoms with Crippen molar-refractivity contribution >= 4 is 35.1 Å². The average molecular weight is 427 g/mol. The Morgan fingerprint density at radius 1 is 1.10 bits per heavy atom. The summed E-state index contributed by atoms with van der Waals surface area (Å²) in [4.78, 5) is 59.6. The van der Waals surface area contributed by atoms with Crippen molar-refractivity contribution in [1.82, 2.24) is 4.90 Å². The SMILES string of the molecule is COc1cc([N+](=O)[O-])ccc1NC(=O)COC(=O)CCN1C(=O)c2ccccc2C1=O. The molecular weight excluding hydrogens is 410 g/mol. The van der Waals surface area contributed by atoms with Gasteiger partial charge in [-0.1, -0.05) is 12.1 Å². The van der Waals surface area contributed by atoms with E-state index in [1.54, 1.807) is 12.1 Å². The second-order valence-corrected chi connectivity index (χ2v) is 6.41. The minimum absolute atomic E-state index is 0.0690. The van der Waals surface area contributed by atoms with Gasteiger partial charge in [0.15, 0.2) is 6.61 Å². The first-order chi connectivity index (χ1) is 14.8. The maximum absolute atomic E-state index is 12.3. The third kappa shape index (κ3) is 4.66. The molecule has 0 radical (unpaired) electrons. The van der Waals surface area contributed by atoms with Gasteiger partial charge in [-0.05, 0) is 18.2 Å². The van der Waals surface area contributed by atoms with Crippen LogP contribution in [0, 0.1) is 10.1 Å². The lowest BCUT2D eigenvalue weighted by Crippen LogP contribution is -2.32. The molecule has 0 saturated carbocycles. The van der Waals surface area contributed by atoms with Crippen molar-refractivity contribution in [2.75, 3.05) is 25.6 Å². The van der Waals surface area contributed by atoms with Gasteiger partial charge < -0.3 is 14.8 Å². The molecule has 1 aliphatic rings. The Labute approximate surface area is 175 Å². The molecule has 11 heteroatoms. The van der Waals surface area contributed by atoms with Crippen molar-refractivity contribution in [3.8, 4) is 5.75 Å². The molecule has 1 heterocycles. The summed E-state index contributed by atoms with van der Waals surface area (Å²) in [7, 11) is 1.29. The van der Waals surface area contributed by atoms with Gasteiger partial charge in [-0.15, -0.1) is 0 Å². The number of carbonyl (C=O) groups excluding carboxylic acids is 4. The molecule has 1 N–H and O–H groups in total. The van der Waals surface area contributed by atoms with Crippen molar-refractivity contribution in [3.05, 3.63) is 63.7 Å². The molecule has 0 fully saturated rings. The van der Waals surface area contributed by atoms with Gasteiger partial charge in [0.05, 0.1) is 41.3 Å². The molecule has 160 valence electrons. The van der Waals surface area contributed by atoms with Gasteiger partial charge in [-0.3, -0.25) is 34.2 Å². The van der Waals surface area contributed by atoms with Crippen molar-refractivity contribution in [3.63, 3.8) is 0 Å². The summed E-state index contributed by atoms with van der Waals surface area (Å²) in [5.74, 6) is -2.38. The van der Waals surface area contributed by atoms with E-state index in [1.165, 1.54) is 31.4 Å². The van der Waals surface area contributed by atoms with E-state index in [0.717, 1.165) is 11.0 Å². The Morgan fingerprint density at radius 3 is 2.32 bits per heavy atom. The monoisotopic (exact) mass is 427 g/mol. The van der Waals surface area contributed by atoms with Crippen LogP contribution in [0.25, 0.3) is 0 Å². The maximum atomic E-state index is 12.3. The first-order valence-electron chi connectivity index (χ1n) is 9.05. The Hall–Kier alpha value is -4.28. The first kappa shape index (κ1) is 21.4. The van der Waals surface area contributed by atoms with E-state index < -0.39 is 35.2 Å². The molecule has 2 aromatic rings. The molecule has 0 aromatic heterocycles. The van der Waals surface area contributed by atoms with Crippen LogP contribution in [-0.2, 0) is 14.3 Å². The molecular formula is C20H17N3O8. The highest BCUT2D eigenvalue weighted by molar-refractivity contribution is 6.21. The van der Waals surface area contributed by atoms with Crippen molar-refractivity contribution in [2.24, 2.45) is 0 Å². The van der Waals surface area contributed by atoms with Crippen molar-refractivity contribution < 1.29 is 33.6 Å². The molecule has 0 bridgehead atoms. The average Bonchev–Trinajstić information content (AvgIpc) is 3.01. The number of ether oxygens (including phenoxy) is 2. The molecule has 3 rings (SSSR count). The summed E-state index contributed by atoms with van der Waals surface area (Å²) in [5, 5.41) is 13.2. The number of non-ortho nitro benzene ring substituents is 1. The molecule has 11 nitrogen and oxygen atoms in total. The third-order valence-corrected chi connectivity index (χ3v) is 4.45. The highest BCUT2D eigenvalue weighted by Crippen LogP contribution is 2.29. The van der Waals surface area contributed by atoms with Gasteiger partial charge in [0.2, 0.25) is 0 Å². The largest absolute Gasteiger partial charge is 0.494 e. The number of rotatable bonds is 8. The van der Waals surface area contributed by atoms with Gasteiger partial charge in [0, 0.05) is 12.6 Å². The van der Waals surface area contributed by atoms with Crippen LogP contribution in [0.1, 0.15) is 27.1 Å². The minimum atomic E-state index is -0.776. The highest BCUT2D eigenvalue weighted by Gasteiger charge is 2.35. The summed E-state index contributed by atoms with van der Waals surface area (Å²) < 4.78 is 9.88. The lowest BCUT2D eigenvalue weighted by Gasteiger charge is -2.13. The van der Waals surface area contributed by atoms with Gasteiger partial charge in [0.25, 0.3) is 23.4 Å². The standard InChI is InChI=1S/C20H17N3O8/c1-30-16-10-12(23(28)29)6-7-15(16)21-17(24)11-31-18(25)8-9-22-19(26)13-4-2-3-5-14(13)20(22)27/h2-7,10H,8-9,11H2,1H3,(H,21,24). The second kappa shape index (κ2) is 9.03. The number of imide groups is 1. The zero-order valence-corrected chi connectivity index (χ0v) is 16.3. The fourth-order valence-corrected chi connectivity index (χ4v) is 2.95. The van der Waals surface area contributed by atoms with Crippen LogP contribution in [0.2, 0.25) is 0 Å². The van der Waals surface area contributed by atoms with Crippen LogP contribution < -0.4 is 10.1 Å². The zero-order valence-electron chi connectivity index (χ0n) is 16.3. The minimum Gasteiger partial charge on any atom is -0.494 e. The molecule has 0 unspecified atom stereocenters. The van der Waals surface area contributed by atoms with Crippen molar-refractivity contribution in [1.29, 1.82) is 0 Å². The lowest BCUT2D eigenvalue weighted by molar-refractivity contribution is -0.384. The number of nitrogens with zero attached hydrogens (tertiary/aromatic N) is 2. The number of nitro groups is 1. The molecule has 0 atom stereocenters. The Morgan fingerprint density at radius 2 is 1.74 bits per heavy atom. The summed E-state index contributed by atoms with van der Waals surface area (Å²) in [5.41, 5.74) is 0.504. The predicted molar refractivity (Wildman–Crippen MR) is 106 cm³/mol. The van der Waals surface area contributed by atoms with Crippen LogP contribution in [0.4, 0.5) is 11.4 Å². The summed E-state index contributed by atoms with van der Waals surface area (Å²) in [6.07, 6.45) is -0.278. The number of esters is 1. The van der Waals surface area contributed by atoms with E-state index >= 15 is 0 Å². The number of nitro benzene ring substituents is 1. The Bertz CT molecular complexity index is 1050. The second-order valence-electron chi connectivity index (χ2n) is 6.41. The normalized spacial score (nSPS) is 12.4. The van der Waals surface area contributed by atoms with Gasteiger partial charge >= 0.3 is 5.97 Å². The molecule has 1 aliphatic heterocycles. The summed E-state index contributed by atoms with van der Waals surface area (Å²) >= 11 is 0. The number of hydrogen-bond donors (Lipinski definition) is 1. The van der Waals surface area contributed by atoms with Crippen LogP contribution in [0.3, 0.4) is 0 Å². The smallest absolute Gasteiger partial charge is 0.308 e. The number of benzene rings is 2. The van der Waals surface area contributed by atoms with Crippen LogP contribution in [-0.4, -0.2) is 53.8 Å². The highest BCUT2D eigenvalue weighted by atomic mass is 16.6. The zero-order chi connectivity index (χ0) is 22.5. The summed E-state index contributed by atoms with van der Waals surface area (Å²) in [6.45, 7) is -0.802. The molecule has 2 aromatic carbocycles. The van der Waals surface area contributed by atoms with E-state index in [4.69, 9.17) is 9.47 Å². The van der Waals surface area contributed by atoms with Crippen LogP contribution >= 0.6 is 0 Å².